The molecule has 0 aromatic heterocycles. The Kier molecular flexibility index (Phi) is 8.64. The molecular weight excluding hydrogens is 222 g/mol. The molecule has 1 atom stereocenters. The quantitative estimate of drug-likeness (QED) is 0.604. The van der Waals surface area contributed by atoms with Gasteiger partial charge in [0.05, 0.1) is 0 Å². The van der Waals surface area contributed by atoms with E-state index in [1.54, 1.807) is 0 Å². The van der Waals surface area contributed by atoms with Gasteiger partial charge in [-0.2, -0.15) is 0 Å². The van der Waals surface area contributed by atoms with Crippen molar-refractivity contribution in [2.75, 3.05) is 46.8 Å². The van der Waals surface area contributed by atoms with E-state index in [1.807, 2.05) is 0 Å². The second-order valence-corrected chi connectivity index (χ2v) is 5.87. The predicted octanol–water partition coefficient (Wildman–Crippen LogP) is 2.18. The summed E-state index contributed by atoms with van der Waals surface area (Å²) in [5.41, 5.74) is 0. The van der Waals surface area contributed by atoms with Crippen molar-refractivity contribution < 1.29 is 0 Å². The first-order valence-electron chi connectivity index (χ1n) is 7.83. The van der Waals surface area contributed by atoms with Crippen LogP contribution in [0.4, 0.5) is 0 Å². The van der Waals surface area contributed by atoms with Crippen molar-refractivity contribution in [3.8, 4) is 0 Å². The number of likely N-dealkylation sites (tertiary alicyclic amines) is 1. The molecule has 0 spiro atoms. The molecule has 0 aliphatic carbocycles. The Bertz CT molecular complexity index is 194. The molecule has 1 fully saturated rings. The highest BCUT2D eigenvalue weighted by Crippen LogP contribution is 2.14. The Balaban J connectivity index is 1.87. The van der Waals surface area contributed by atoms with Gasteiger partial charge in [0.2, 0.25) is 0 Å². The molecule has 0 aromatic carbocycles. The molecule has 1 N–H and O–H groups in total. The standard InChI is InChI=1S/C15H33N3/c1-4-10-16-11-7-5-6-8-12-18-13-9-15(14-18)17(2)3/h15-16H,4-14H2,1-3H3. The lowest BCUT2D eigenvalue weighted by Crippen LogP contribution is -2.31. The predicted molar refractivity (Wildman–Crippen MR) is 80.2 cm³/mol. The third-order valence-corrected chi connectivity index (χ3v) is 3.98. The van der Waals surface area contributed by atoms with Crippen molar-refractivity contribution in [3.05, 3.63) is 0 Å². The molecule has 1 unspecified atom stereocenters. The molecule has 1 saturated heterocycles. The Morgan fingerprint density at radius 2 is 1.89 bits per heavy atom. The van der Waals surface area contributed by atoms with E-state index in [4.69, 9.17) is 0 Å². The first-order chi connectivity index (χ1) is 8.74. The highest BCUT2D eigenvalue weighted by molar-refractivity contribution is 4.80. The topological polar surface area (TPSA) is 18.5 Å². The summed E-state index contributed by atoms with van der Waals surface area (Å²) in [6.45, 7) is 8.52. The fourth-order valence-electron chi connectivity index (χ4n) is 2.68. The van der Waals surface area contributed by atoms with Crippen LogP contribution in [0, 0.1) is 0 Å². The first-order valence-corrected chi connectivity index (χ1v) is 7.83. The van der Waals surface area contributed by atoms with Gasteiger partial charge in [0.1, 0.15) is 0 Å². The van der Waals surface area contributed by atoms with E-state index in [2.05, 4.69) is 36.1 Å². The van der Waals surface area contributed by atoms with Gasteiger partial charge in [0.15, 0.2) is 0 Å². The second-order valence-electron chi connectivity index (χ2n) is 5.87. The van der Waals surface area contributed by atoms with Crippen LogP contribution in [0.1, 0.15) is 45.4 Å². The molecule has 1 aliphatic heterocycles. The van der Waals surface area contributed by atoms with Crippen LogP contribution in [0.2, 0.25) is 0 Å². The van der Waals surface area contributed by atoms with Crippen LogP contribution in [0.3, 0.4) is 0 Å². The third kappa shape index (κ3) is 6.72. The van der Waals surface area contributed by atoms with E-state index in [-0.39, 0.29) is 0 Å². The summed E-state index contributed by atoms with van der Waals surface area (Å²) in [5, 5.41) is 3.47. The summed E-state index contributed by atoms with van der Waals surface area (Å²) < 4.78 is 0. The molecule has 3 heteroatoms. The Hall–Kier alpha value is -0.120. The van der Waals surface area contributed by atoms with Crippen LogP contribution in [-0.2, 0) is 0 Å². The highest BCUT2D eigenvalue weighted by Gasteiger charge is 2.22. The monoisotopic (exact) mass is 255 g/mol. The third-order valence-electron chi connectivity index (χ3n) is 3.98. The van der Waals surface area contributed by atoms with Crippen LogP contribution in [0.5, 0.6) is 0 Å². The summed E-state index contributed by atoms with van der Waals surface area (Å²) >= 11 is 0. The summed E-state index contributed by atoms with van der Waals surface area (Å²) in [4.78, 5) is 5.01. The number of likely N-dealkylation sites (N-methyl/N-ethyl adjacent to an activating group) is 1. The van der Waals surface area contributed by atoms with Crippen molar-refractivity contribution in [3.63, 3.8) is 0 Å². The smallest absolute Gasteiger partial charge is 0.0229 e. The molecule has 1 rings (SSSR count). The van der Waals surface area contributed by atoms with Crippen molar-refractivity contribution >= 4 is 0 Å². The van der Waals surface area contributed by atoms with E-state index in [0.717, 1.165) is 6.04 Å². The maximum atomic E-state index is 3.47. The van der Waals surface area contributed by atoms with Gasteiger partial charge in [-0.1, -0.05) is 19.8 Å². The van der Waals surface area contributed by atoms with Crippen molar-refractivity contribution in [2.45, 2.75) is 51.5 Å². The lowest BCUT2D eigenvalue weighted by atomic mass is 10.2. The summed E-state index contributed by atoms with van der Waals surface area (Å²) in [7, 11) is 4.41. The molecule has 0 saturated carbocycles. The van der Waals surface area contributed by atoms with E-state index >= 15 is 0 Å². The molecule has 0 radical (unpaired) electrons. The van der Waals surface area contributed by atoms with Gasteiger partial charge < -0.3 is 15.1 Å². The van der Waals surface area contributed by atoms with Crippen molar-refractivity contribution in [2.24, 2.45) is 0 Å². The number of nitrogens with one attached hydrogen (secondary N) is 1. The summed E-state index contributed by atoms with van der Waals surface area (Å²) in [5.74, 6) is 0. The SMILES string of the molecule is CCCNCCCCCCN1CCC(N(C)C)C1. The van der Waals surface area contributed by atoms with Crippen LogP contribution >= 0.6 is 0 Å². The fraction of sp³-hybridized carbons (Fsp3) is 1.00. The maximum Gasteiger partial charge on any atom is 0.0229 e. The second kappa shape index (κ2) is 9.76. The lowest BCUT2D eigenvalue weighted by Gasteiger charge is -2.20. The van der Waals surface area contributed by atoms with Gasteiger partial charge in [-0.15, -0.1) is 0 Å². The van der Waals surface area contributed by atoms with Crippen LogP contribution in [0.25, 0.3) is 0 Å². The number of unbranched alkanes of at least 4 members (excludes halogenated alkanes) is 3. The van der Waals surface area contributed by atoms with Crippen LogP contribution in [0.15, 0.2) is 0 Å². The molecule has 0 aromatic rings. The molecule has 0 bridgehead atoms. The Morgan fingerprint density at radius 3 is 2.56 bits per heavy atom. The molecule has 1 aliphatic rings. The van der Waals surface area contributed by atoms with Gasteiger partial charge in [0.25, 0.3) is 0 Å². The minimum atomic E-state index is 0.795. The first kappa shape index (κ1) is 15.9. The minimum absolute atomic E-state index is 0.795. The fourth-order valence-corrected chi connectivity index (χ4v) is 2.68. The maximum absolute atomic E-state index is 3.47. The largest absolute Gasteiger partial charge is 0.317 e. The number of nitrogens with zero attached hydrogens (tertiary/aromatic N) is 2. The zero-order chi connectivity index (χ0) is 13.2. The van der Waals surface area contributed by atoms with E-state index in [9.17, 15) is 0 Å². The number of rotatable bonds is 10. The number of hydrogen-bond donors (Lipinski definition) is 1. The number of hydrogen-bond acceptors (Lipinski definition) is 3. The molecule has 18 heavy (non-hydrogen) atoms. The Labute approximate surface area is 114 Å². The molecule has 0 amide bonds. The lowest BCUT2D eigenvalue weighted by molar-refractivity contribution is 0.265. The van der Waals surface area contributed by atoms with Crippen molar-refractivity contribution in [1.82, 2.24) is 15.1 Å². The van der Waals surface area contributed by atoms with Crippen molar-refractivity contribution in [1.29, 1.82) is 0 Å². The molecule has 108 valence electrons. The van der Waals surface area contributed by atoms with Gasteiger partial charge >= 0.3 is 0 Å². The van der Waals surface area contributed by atoms with Gasteiger partial charge in [-0.25, -0.2) is 0 Å². The molecule has 1 heterocycles. The minimum Gasteiger partial charge on any atom is -0.317 e. The molecule has 3 nitrogen and oxygen atoms in total. The zero-order valence-electron chi connectivity index (χ0n) is 12.7. The zero-order valence-corrected chi connectivity index (χ0v) is 12.7. The summed E-state index contributed by atoms with van der Waals surface area (Å²) in [6.07, 6.45) is 8.13. The van der Waals surface area contributed by atoms with E-state index in [1.165, 1.54) is 71.2 Å². The van der Waals surface area contributed by atoms with Gasteiger partial charge in [-0.05, 0) is 66.0 Å². The van der Waals surface area contributed by atoms with Crippen LogP contribution in [-0.4, -0.2) is 62.7 Å². The van der Waals surface area contributed by atoms with Gasteiger partial charge in [0, 0.05) is 12.6 Å². The average molecular weight is 255 g/mol. The summed E-state index contributed by atoms with van der Waals surface area (Å²) in [6, 6.07) is 0.795. The van der Waals surface area contributed by atoms with Crippen LogP contribution < -0.4 is 5.32 Å². The van der Waals surface area contributed by atoms with E-state index < -0.39 is 0 Å². The highest BCUT2D eigenvalue weighted by atomic mass is 15.2. The van der Waals surface area contributed by atoms with E-state index in [0.29, 0.717) is 0 Å². The Morgan fingerprint density at radius 1 is 1.11 bits per heavy atom. The molecular formula is C15H33N3. The van der Waals surface area contributed by atoms with Gasteiger partial charge in [-0.3, -0.25) is 0 Å². The normalized spacial score (nSPS) is 21.0. The average Bonchev–Trinajstić information content (AvgIpc) is 2.81.